The van der Waals surface area contributed by atoms with Crippen LogP contribution in [-0.2, 0) is 34.7 Å². The zero-order valence-corrected chi connectivity index (χ0v) is 30.8. The van der Waals surface area contributed by atoms with E-state index < -0.39 is 0 Å². The third kappa shape index (κ3) is 9.43. The van der Waals surface area contributed by atoms with E-state index in [0.29, 0.717) is 0 Å². The average Bonchev–Trinajstić information content (AvgIpc) is 2.97. The fraction of sp³-hybridized carbons (Fsp3) is 0.455. The molecule has 0 radical (unpaired) electrons. The first-order valence-electron chi connectivity index (χ1n) is 17.2. The largest absolute Gasteiger partial charge is 0.304 e. The van der Waals surface area contributed by atoms with E-state index in [0.717, 1.165) is 13.1 Å². The first kappa shape index (κ1) is 35.7. The number of hydrogen-bond donors (Lipinski definition) is 2. The Balaban J connectivity index is 1.74. The maximum Gasteiger partial charge on any atom is 0.0521 e. The number of nitrogens with one attached hydrogen (secondary N) is 2. The number of rotatable bonds is 9. The second-order valence-electron chi connectivity index (χ2n) is 17.4. The van der Waals surface area contributed by atoms with Gasteiger partial charge in [0.25, 0.3) is 0 Å². The summed E-state index contributed by atoms with van der Waals surface area (Å²) in [5.74, 6) is 0. The van der Waals surface area contributed by atoms with Crippen molar-refractivity contribution in [1.82, 2.24) is 10.6 Å². The van der Waals surface area contributed by atoms with Crippen LogP contribution in [0.25, 0.3) is 0 Å². The van der Waals surface area contributed by atoms with Crippen LogP contribution in [0.1, 0.15) is 140 Å². The quantitative estimate of drug-likeness (QED) is 0.195. The summed E-state index contributed by atoms with van der Waals surface area (Å²) < 4.78 is 0. The van der Waals surface area contributed by atoms with Crippen molar-refractivity contribution in [2.45, 2.75) is 130 Å². The van der Waals surface area contributed by atoms with E-state index in [1.54, 1.807) is 0 Å². The van der Waals surface area contributed by atoms with E-state index in [1.807, 2.05) is 0 Å². The Morgan fingerprint density at radius 1 is 0.391 bits per heavy atom. The molecule has 0 saturated carbocycles. The molecule has 0 aliphatic carbocycles. The highest BCUT2D eigenvalue weighted by Gasteiger charge is 2.27. The minimum absolute atomic E-state index is 0.0628. The molecule has 2 atom stereocenters. The van der Waals surface area contributed by atoms with Crippen molar-refractivity contribution in [3.63, 3.8) is 0 Å². The summed E-state index contributed by atoms with van der Waals surface area (Å²) in [4.78, 5) is 0. The van der Waals surface area contributed by atoms with Gasteiger partial charge in [-0.15, -0.1) is 0 Å². The normalized spacial score (nSPS) is 14.3. The molecule has 0 bridgehead atoms. The summed E-state index contributed by atoms with van der Waals surface area (Å²) in [7, 11) is 0. The minimum Gasteiger partial charge on any atom is -0.304 e. The molecule has 4 aromatic carbocycles. The molecular weight excluding hydrogens is 556 g/mol. The summed E-state index contributed by atoms with van der Waals surface area (Å²) in [6, 6.07) is 36.5. The monoisotopic (exact) mass is 616 g/mol. The van der Waals surface area contributed by atoms with Gasteiger partial charge in [0.2, 0.25) is 0 Å². The molecule has 246 valence electrons. The smallest absolute Gasteiger partial charge is 0.0521 e. The van der Waals surface area contributed by atoms with Gasteiger partial charge < -0.3 is 10.6 Å². The maximum absolute atomic E-state index is 4.05. The SMILES string of the molecule is CC(C)(C)c1cc(CN[C@@H](c2ccccc2)[C@@H](NCc2cc(C(C)(C)C)cc(C(C)(C)C)c2)c2ccccc2)cc(C(C)(C)C)c1. The van der Waals surface area contributed by atoms with Crippen LogP contribution in [0, 0.1) is 0 Å². The lowest BCUT2D eigenvalue weighted by Crippen LogP contribution is -2.35. The summed E-state index contributed by atoms with van der Waals surface area (Å²) >= 11 is 0. The Labute approximate surface area is 281 Å². The maximum atomic E-state index is 4.05. The molecular formula is C44H60N2. The van der Waals surface area contributed by atoms with Gasteiger partial charge in [-0.2, -0.15) is 0 Å². The van der Waals surface area contributed by atoms with Gasteiger partial charge in [-0.3, -0.25) is 0 Å². The Bertz CT molecular complexity index is 1370. The van der Waals surface area contributed by atoms with Crippen molar-refractivity contribution in [1.29, 1.82) is 0 Å². The van der Waals surface area contributed by atoms with E-state index in [-0.39, 0.29) is 33.7 Å². The van der Waals surface area contributed by atoms with Gasteiger partial charge in [-0.05, 0) is 66.2 Å². The zero-order valence-electron chi connectivity index (χ0n) is 30.8. The highest BCUT2D eigenvalue weighted by molar-refractivity contribution is 5.39. The van der Waals surface area contributed by atoms with Crippen molar-refractivity contribution < 1.29 is 0 Å². The minimum atomic E-state index is 0.0628. The third-order valence-electron chi connectivity index (χ3n) is 9.15. The lowest BCUT2D eigenvalue weighted by molar-refractivity contribution is 0.380. The molecule has 4 rings (SSSR count). The van der Waals surface area contributed by atoms with Crippen molar-refractivity contribution in [3.8, 4) is 0 Å². The van der Waals surface area contributed by atoms with Crippen LogP contribution in [0.4, 0.5) is 0 Å². The molecule has 0 aromatic heterocycles. The van der Waals surface area contributed by atoms with Gasteiger partial charge in [0.05, 0.1) is 12.1 Å². The Kier molecular flexibility index (Phi) is 10.8. The first-order chi connectivity index (χ1) is 21.3. The fourth-order valence-electron chi connectivity index (χ4n) is 5.95. The summed E-state index contributed by atoms with van der Waals surface area (Å²) in [5.41, 5.74) is 11.1. The lowest BCUT2D eigenvalue weighted by atomic mass is 9.79. The highest BCUT2D eigenvalue weighted by Crippen LogP contribution is 2.34. The lowest BCUT2D eigenvalue weighted by Gasteiger charge is -2.32. The molecule has 0 aliphatic rings. The predicted octanol–water partition coefficient (Wildman–Crippen LogP) is 11.2. The van der Waals surface area contributed by atoms with Gasteiger partial charge in [0.1, 0.15) is 0 Å². The standard InChI is InChI=1S/C44H60N2/c1-41(2,3)35-23-31(24-36(27-35)42(4,5)6)29-45-39(33-19-15-13-16-20-33)40(34-21-17-14-18-22-34)46-30-32-25-37(43(7,8)9)28-38(26-32)44(10,11)12/h13-28,39-40,45-46H,29-30H2,1-12H3/t39-,40-/m0/s1. The summed E-state index contributed by atoms with van der Waals surface area (Å²) in [6.07, 6.45) is 0. The molecule has 46 heavy (non-hydrogen) atoms. The molecule has 0 aliphatic heterocycles. The van der Waals surface area contributed by atoms with Crippen LogP contribution in [0.5, 0.6) is 0 Å². The van der Waals surface area contributed by atoms with E-state index in [2.05, 4.69) is 191 Å². The number of benzene rings is 4. The van der Waals surface area contributed by atoms with Crippen molar-refractivity contribution in [2.24, 2.45) is 0 Å². The molecule has 0 spiro atoms. The fourth-order valence-corrected chi connectivity index (χ4v) is 5.95. The van der Waals surface area contributed by atoms with Gasteiger partial charge in [0.15, 0.2) is 0 Å². The molecule has 0 saturated heterocycles. The molecule has 0 amide bonds. The van der Waals surface area contributed by atoms with Gasteiger partial charge in [-0.1, -0.05) is 180 Å². The molecule has 0 heterocycles. The van der Waals surface area contributed by atoms with E-state index >= 15 is 0 Å². The van der Waals surface area contributed by atoms with Crippen LogP contribution < -0.4 is 10.6 Å². The second-order valence-corrected chi connectivity index (χ2v) is 17.4. The van der Waals surface area contributed by atoms with Crippen LogP contribution in [0.3, 0.4) is 0 Å². The molecule has 0 fully saturated rings. The summed E-state index contributed by atoms with van der Waals surface area (Å²) in [6.45, 7) is 29.3. The predicted molar refractivity (Wildman–Crippen MR) is 200 cm³/mol. The van der Waals surface area contributed by atoms with E-state index in [1.165, 1.54) is 44.5 Å². The van der Waals surface area contributed by atoms with E-state index in [4.69, 9.17) is 0 Å². The molecule has 2 N–H and O–H groups in total. The highest BCUT2D eigenvalue weighted by atomic mass is 15.0. The van der Waals surface area contributed by atoms with Crippen molar-refractivity contribution in [3.05, 3.63) is 142 Å². The molecule has 4 aromatic rings. The molecule has 2 nitrogen and oxygen atoms in total. The van der Waals surface area contributed by atoms with Crippen LogP contribution >= 0.6 is 0 Å². The zero-order chi connectivity index (χ0) is 33.9. The van der Waals surface area contributed by atoms with Crippen LogP contribution in [0.15, 0.2) is 97.1 Å². The van der Waals surface area contributed by atoms with E-state index in [9.17, 15) is 0 Å². The van der Waals surface area contributed by atoms with Gasteiger partial charge in [-0.25, -0.2) is 0 Å². The van der Waals surface area contributed by atoms with Crippen LogP contribution in [0.2, 0.25) is 0 Å². The molecule has 2 heteroatoms. The first-order valence-corrected chi connectivity index (χ1v) is 17.2. The van der Waals surface area contributed by atoms with Crippen molar-refractivity contribution >= 4 is 0 Å². The van der Waals surface area contributed by atoms with Crippen LogP contribution in [-0.4, -0.2) is 0 Å². The molecule has 0 unspecified atom stereocenters. The topological polar surface area (TPSA) is 24.1 Å². The average molecular weight is 617 g/mol. The second kappa shape index (κ2) is 13.9. The Hall–Kier alpha value is -3.20. The number of hydrogen-bond acceptors (Lipinski definition) is 2. The third-order valence-corrected chi connectivity index (χ3v) is 9.15. The summed E-state index contributed by atoms with van der Waals surface area (Å²) in [5, 5.41) is 8.11. The van der Waals surface area contributed by atoms with Gasteiger partial charge in [0, 0.05) is 13.1 Å². The Morgan fingerprint density at radius 2 is 0.652 bits per heavy atom. The van der Waals surface area contributed by atoms with Gasteiger partial charge >= 0.3 is 0 Å². The Morgan fingerprint density at radius 3 is 0.891 bits per heavy atom. The van der Waals surface area contributed by atoms with Crippen molar-refractivity contribution in [2.75, 3.05) is 0 Å².